The van der Waals surface area contributed by atoms with Crippen molar-refractivity contribution in [1.29, 1.82) is 0 Å². The summed E-state index contributed by atoms with van der Waals surface area (Å²) >= 11 is 0. The maximum Gasteiger partial charge on any atom is 0.272 e. The Bertz CT molecular complexity index is 497. The predicted molar refractivity (Wildman–Crippen MR) is 54.5 cm³/mol. The van der Waals surface area contributed by atoms with E-state index in [1.165, 1.54) is 4.52 Å². The average Bonchev–Trinajstić information content (AvgIpc) is 2.64. The first-order valence-corrected chi connectivity index (χ1v) is 4.79. The quantitative estimate of drug-likeness (QED) is 0.782. The summed E-state index contributed by atoms with van der Waals surface area (Å²) in [5, 5.41) is 2.81. The number of aromatic nitrogens is 3. The van der Waals surface area contributed by atoms with Gasteiger partial charge in [-0.15, -0.1) is 0 Å². The summed E-state index contributed by atoms with van der Waals surface area (Å²) in [4.78, 5) is 16.0. The van der Waals surface area contributed by atoms with Crippen molar-refractivity contribution in [3.05, 3.63) is 34.4 Å². The fourth-order valence-corrected chi connectivity index (χ4v) is 1.41. The molecule has 0 aliphatic carbocycles. The molecular formula is C10H13N3O. The Morgan fingerprint density at radius 2 is 2.43 bits per heavy atom. The van der Waals surface area contributed by atoms with Crippen molar-refractivity contribution in [2.75, 3.05) is 0 Å². The third kappa shape index (κ3) is 1.32. The van der Waals surface area contributed by atoms with E-state index >= 15 is 0 Å². The molecule has 0 saturated carbocycles. The number of aromatic amines is 1. The number of rotatable bonds is 2. The van der Waals surface area contributed by atoms with Gasteiger partial charge in [0.25, 0.3) is 5.56 Å². The van der Waals surface area contributed by atoms with E-state index in [2.05, 4.69) is 23.9 Å². The van der Waals surface area contributed by atoms with Crippen molar-refractivity contribution in [3.8, 4) is 0 Å². The van der Waals surface area contributed by atoms with Crippen molar-refractivity contribution >= 4 is 5.65 Å². The zero-order valence-corrected chi connectivity index (χ0v) is 8.32. The van der Waals surface area contributed by atoms with Gasteiger partial charge in [-0.25, -0.2) is 9.50 Å². The molecular weight excluding hydrogens is 178 g/mol. The lowest BCUT2D eigenvalue weighted by Crippen LogP contribution is -2.16. The first kappa shape index (κ1) is 8.99. The van der Waals surface area contributed by atoms with E-state index in [9.17, 15) is 4.79 Å². The minimum atomic E-state index is -0.0460. The van der Waals surface area contributed by atoms with Gasteiger partial charge in [-0.05, 0) is 12.3 Å². The highest BCUT2D eigenvalue weighted by molar-refractivity contribution is 5.36. The van der Waals surface area contributed by atoms with Gasteiger partial charge in [0.15, 0.2) is 5.65 Å². The van der Waals surface area contributed by atoms with Crippen LogP contribution >= 0.6 is 0 Å². The Hall–Kier alpha value is -1.58. The monoisotopic (exact) mass is 191 g/mol. The van der Waals surface area contributed by atoms with E-state index in [0.29, 0.717) is 11.6 Å². The summed E-state index contributed by atoms with van der Waals surface area (Å²) in [6, 6.07) is 3.39. The molecule has 0 radical (unpaired) electrons. The SMILES string of the molecule is CCC(C)c1cc(=O)n2[nH]ccc2n1. The van der Waals surface area contributed by atoms with Crippen LogP contribution in [-0.2, 0) is 0 Å². The third-order valence-corrected chi connectivity index (χ3v) is 2.52. The van der Waals surface area contributed by atoms with Gasteiger partial charge in [-0.2, -0.15) is 0 Å². The molecule has 0 spiro atoms. The van der Waals surface area contributed by atoms with Crippen LogP contribution in [0.1, 0.15) is 31.9 Å². The molecule has 0 aliphatic heterocycles. The van der Waals surface area contributed by atoms with Crippen molar-refractivity contribution < 1.29 is 0 Å². The molecule has 0 amide bonds. The normalized spacial score (nSPS) is 13.3. The number of H-pyrrole nitrogens is 1. The van der Waals surface area contributed by atoms with Gasteiger partial charge >= 0.3 is 0 Å². The average molecular weight is 191 g/mol. The third-order valence-electron chi connectivity index (χ3n) is 2.52. The molecule has 1 N–H and O–H groups in total. The molecule has 4 heteroatoms. The van der Waals surface area contributed by atoms with Gasteiger partial charge in [0.05, 0.1) is 5.69 Å². The Kier molecular flexibility index (Phi) is 2.11. The van der Waals surface area contributed by atoms with E-state index in [1.807, 2.05) is 0 Å². The standard InChI is InChI=1S/C10H13N3O/c1-3-7(2)8-6-10(14)13-9(12-8)4-5-11-13/h4-7,11H,3H2,1-2H3. The Morgan fingerprint density at radius 3 is 3.14 bits per heavy atom. The summed E-state index contributed by atoms with van der Waals surface area (Å²) in [5.41, 5.74) is 1.51. The Labute approximate surface area is 81.6 Å². The summed E-state index contributed by atoms with van der Waals surface area (Å²) < 4.78 is 1.44. The molecule has 0 saturated heterocycles. The maximum atomic E-state index is 11.6. The molecule has 74 valence electrons. The molecule has 1 unspecified atom stereocenters. The van der Waals surface area contributed by atoms with Crippen LogP contribution < -0.4 is 5.56 Å². The second-order valence-electron chi connectivity index (χ2n) is 3.48. The van der Waals surface area contributed by atoms with Crippen molar-refractivity contribution in [2.24, 2.45) is 0 Å². The zero-order chi connectivity index (χ0) is 10.1. The van der Waals surface area contributed by atoms with E-state index in [0.717, 1.165) is 12.1 Å². The van der Waals surface area contributed by atoms with Gasteiger partial charge in [0.2, 0.25) is 0 Å². The second-order valence-corrected chi connectivity index (χ2v) is 3.48. The smallest absolute Gasteiger partial charge is 0.272 e. The summed E-state index contributed by atoms with van der Waals surface area (Å²) in [5.74, 6) is 0.336. The molecule has 0 aromatic carbocycles. The largest absolute Gasteiger partial charge is 0.297 e. The van der Waals surface area contributed by atoms with Crippen LogP contribution in [0.15, 0.2) is 23.1 Å². The molecule has 0 bridgehead atoms. The fraction of sp³-hybridized carbons (Fsp3) is 0.400. The summed E-state index contributed by atoms with van der Waals surface area (Å²) in [6.45, 7) is 4.16. The lowest BCUT2D eigenvalue weighted by molar-refractivity contribution is 0.701. The van der Waals surface area contributed by atoms with Crippen LogP contribution in [0.25, 0.3) is 5.65 Å². The minimum absolute atomic E-state index is 0.0460. The second kappa shape index (κ2) is 3.29. The van der Waals surface area contributed by atoms with Gasteiger partial charge in [0, 0.05) is 18.3 Å². The molecule has 4 nitrogen and oxygen atoms in total. The van der Waals surface area contributed by atoms with Crippen LogP contribution in [0.5, 0.6) is 0 Å². The summed E-state index contributed by atoms with van der Waals surface area (Å²) in [6.07, 6.45) is 2.71. The predicted octanol–water partition coefficient (Wildman–Crippen LogP) is 1.54. The Morgan fingerprint density at radius 1 is 1.64 bits per heavy atom. The van der Waals surface area contributed by atoms with Gasteiger partial charge in [-0.1, -0.05) is 13.8 Å². The lowest BCUT2D eigenvalue weighted by Gasteiger charge is -2.06. The maximum absolute atomic E-state index is 11.6. The van der Waals surface area contributed by atoms with E-state index in [-0.39, 0.29) is 5.56 Å². The van der Waals surface area contributed by atoms with Crippen molar-refractivity contribution in [1.82, 2.24) is 14.6 Å². The number of hydrogen-bond donors (Lipinski definition) is 1. The lowest BCUT2D eigenvalue weighted by atomic mass is 10.1. The van der Waals surface area contributed by atoms with Crippen molar-refractivity contribution in [3.63, 3.8) is 0 Å². The molecule has 2 aromatic heterocycles. The molecule has 14 heavy (non-hydrogen) atoms. The summed E-state index contributed by atoms with van der Waals surface area (Å²) in [7, 11) is 0. The number of nitrogens with one attached hydrogen (secondary N) is 1. The molecule has 1 atom stereocenters. The number of nitrogens with zero attached hydrogens (tertiary/aromatic N) is 2. The van der Waals surface area contributed by atoms with E-state index in [1.54, 1.807) is 18.3 Å². The topological polar surface area (TPSA) is 50.2 Å². The van der Waals surface area contributed by atoms with Crippen LogP contribution in [0.2, 0.25) is 0 Å². The molecule has 0 fully saturated rings. The van der Waals surface area contributed by atoms with Gasteiger partial charge < -0.3 is 0 Å². The van der Waals surface area contributed by atoms with Gasteiger partial charge in [-0.3, -0.25) is 9.89 Å². The Balaban J connectivity index is 2.64. The van der Waals surface area contributed by atoms with E-state index < -0.39 is 0 Å². The number of hydrogen-bond acceptors (Lipinski definition) is 2. The van der Waals surface area contributed by atoms with Crippen molar-refractivity contribution in [2.45, 2.75) is 26.2 Å². The van der Waals surface area contributed by atoms with E-state index in [4.69, 9.17) is 0 Å². The highest BCUT2D eigenvalue weighted by Crippen LogP contribution is 2.14. The minimum Gasteiger partial charge on any atom is -0.297 e. The van der Waals surface area contributed by atoms with Crippen LogP contribution in [-0.4, -0.2) is 14.6 Å². The molecule has 2 rings (SSSR count). The fourth-order valence-electron chi connectivity index (χ4n) is 1.41. The molecule has 2 aromatic rings. The number of fused-ring (bicyclic) bond motifs is 1. The van der Waals surface area contributed by atoms with Crippen LogP contribution in [0.4, 0.5) is 0 Å². The first-order valence-electron chi connectivity index (χ1n) is 4.79. The van der Waals surface area contributed by atoms with Crippen LogP contribution in [0, 0.1) is 0 Å². The molecule has 0 aliphatic rings. The van der Waals surface area contributed by atoms with Crippen LogP contribution in [0.3, 0.4) is 0 Å². The highest BCUT2D eigenvalue weighted by atomic mass is 16.1. The van der Waals surface area contributed by atoms with Gasteiger partial charge in [0.1, 0.15) is 0 Å². The first-order chi connectivity index (χ1) is 6.72. The zero-order valence-electron chi connectivity index (χ0n) is 8.32. The molecule has 2 heterocycles. The highest BCUT2D eigenvalue weighted by Gasteiger charge is 2.07.